The third-order valence-electron chi connectivity index (χ3n) is 3.36. The molecule has 0 saturated carbocycles. The first kappa shape index (κ1) is 17.5. The molecule has 0 aliphatic carbocycles. The Morgan fingerprint density at radius 1 is 1.43 bits per heavy atom. The Morgan fingerprint density at radius 2 is 2.09 bits per heavy atom. The van der Waals surface area contributed by atoms with Gasteiger partial charge in [0.05, 0.1) is 11.7 Å². The van der Waals surface area contributed by atoms with Crippen LogP contribution in [0.5, 0.6) is 0 Å². The molecule has 6 nitrogen and oxygen atoms in total. The summed E-state index contributed by atoms with van der Waals surface area (Å²) in [6.07, 6.45) is -4.87. The van der Waals surface area contributed by atoms with Gasteiger partial charge < -0.3 is 9.64 Å². The van der Waals surface area contributed by atoms with E-state index in [1.807, 2.05) is 13.8 Å². The van der Waals surface area contributed by atoms with E-state index in [-0.39, 0.29) is 6.10 Å². The number of hydrogen-bond acceptors (Lipinski definition) is 4. The highest BCUT2D eigenvalue weighted by atomic mass is 19.4. The number of hydrogen-bond donors (Lipinski definition) is 0. The van der Waals surface area contributed by atoms with E-state index in [0.717, 1.165) is 6.07 Å². The van der Waals surface area contributed by atoms with Crippen LogP contribution >= 0.6 is 0 Å². The number of ether oxygens (including phenoxy) is 1. The van der Waals surface area contributed by atoms with Gasteiger partial charge in [-0.2, -0.15) is 18.3 Å². The zero-order valence-electron chi connectivity index (χ0n) is 13.1. The molecule has 2 heterocycles. The maximum Gasteiger partial charge on any atom is 0.435 e. The molecule has 1 aromatic heterocycles. The Balaban J connectivity index is 2.19. The van der Waals surface area contributed by atoms with Crippen molar-refractivity contribution in [2.45, 2.75) is 45.2 Å². The molecule has 0 radical (unpaired) electrons. The second kappa shape index (κ2) is 5.95. The lowest BCUT2D eigenvalue weighted by molar-refractivity contribution is -0.159. The van der Waals surface area contributed by atoms with Crippen LogP contribution in [0.4, 0.5) is 13.2 Å². The quantitative estimate of drug-likeness (QED) is 0.818. The standard InChI is InChI=1S/C14H18F3N3O3/c1-9-6-19(8-13(2,3)23-9)12(22)7-20-11(21)5-4-10(18-20)14(15,16)17/h4-5,9H,6-8H2,1-3H3. The van der Waals surface area contributed by atoms with E-state index in [2.05, 4.69) is 5.10 Å². The van der Waals surface area contributed by atoms with Crippen LogP contribution in [0.15, 0.2) is 16.9 Å². The van der Waals surface area contributed by atoms with E-state index in [1.165, 1.54) is 4.90 Å². The zero-order valence-corrected chi connectivity index (χ0v) is 13.1. The van der Waals surface area contributed by atoms with Crippen molar-refractivity contribution in [3.05, 3.63) is 28.2 Å². The van der Waals surface area contributed by atoms with Gasteiger partial charge in [0.25, 0.3) is 5.56 Å². The molecule has 1 fully saturated rings. The van der Waals surface area contributed by atoms with Crippen molar-refractivity contribution in [2.75, 3.05) is 13.1 Å². The third kappa shape index (κ3) is 4.31. The number of halogens is 3. The summed E-state index contributed by atoms with van der Waals surface area (Å²) >= 11 is 0. The minimum absolute atomic E-state index is 0.200. The molecule has 0 aromatic carbocycles. The molecular weight excluding hydrogens is 315 g/mol. The van der Waals surface area contributed by atoms with Gasteiger partial charge in [0.15, 0.2) is 5.69 Å². The van der Waals surface area contributed by atoms with Gasteiger partial charge >= 0.3 is 6.18 Å². The minimum atomic E-state index is -4.67. The van der Waals surface area contributed by atoms with Crippen LogP contribution in [0.3, 0.4) is 0 Å². The van der Waals surface area contributed by atoms with Crippen molar-refractivity contribution < 1.29 is 22.7 Å². The van der Waals surface area contributed by atoms with Crippen molar-refractivity contribution in [1.29, 1.82) is 0 Å². The number of aromatic nitrogens is 2. The summed E-state index contributed by atoms with van der Waals surface area (Å²) in [7, 11) is 0. The average molecular weight is 333 g/mol. The molecule has 1 unspecified atom stereocenters. The summed E-state index contributed by atoms with van der Waals surface area (Å²) in [4.78, 5) is 25.4. The zero-order chi connectivity index (χ0) is 17.4. The second-order valence-corrected chi connectivity index (χ2v) is 6.17. The number of morpholine rings is 1. The molecule has 1 aliphatic rings. The van der Waals surface area contributed by atoms with E-state index in [9.17, 15) is 22.8 Å². The number of rotatable bonds is 2. The second-order valence-electron chi connectivity index (χ2n) is 6.17. The maximum atomic E-state index is 12.7. The van der Waals surface area contributed by atoms with E-state index < -0.39 is 35.5 Å². The molecule has 128 valence electrons. The first-order chi connectivity index (χ1) is 10.5. The highest BCUT2D eigenvalue weighted by molar-refractivity contribution is 5.76. The van der Waals surface area contributed by atoms with Gasteiger partial charge in [-0.25, -0.2) is 4.68 Å². The Labute approximate surface area is 130 Å². The molecule has 9 heteroatoms. The number of nitrogens with zero attached hydrogens (tertiary/aromatic N) is 3. The van der Waals surface area contributed by atoms with Crippen molar-refractivity contribution in [3.8, 4) is 0 Å². The van der Waals surface area contributed by atoms with Crippen LogP contribution in [-0.2, 0) is 22.3 Å². The van der Waals surface area contributed by atoms with Gasteiger partial charge in [0.1, 0.15) is 6.54 Å². The van der Waals surface area contributed by atoms with Gasteiger partial charge in [-0.05, 0) is 26.8 Å². The van der Waals surface area contributed by atoms with Gasteiger partial charge in [-0.1, -0.05) is 0 Å². The molecule has 23 heavy (non-hydrogen) atoms. The normalized spacial score (nSPS) is 21.3. The first-order valence-electron chi connectivity index (χ1n) is 7.09. The summed E-state index contributed by atoms with van der Waals surface area (Å²) in [6, 6.07) is 1.36. The predicted molar refractivity (Wildman–Crippen MR) is 74.7 cm³/mol. The molecule has 1 saturated heterocycles. The maximum absolute atomic E-state index is 12.7. The summed E-state index contributed by atoms with van der Waals surface area (Å²) in [5.74, 6) is -0.470. The fraction of sp³-hybridized carbons (Fsp3) is 0.643. The highest BCUT2D eigenvalue weighted by Crippen LogP contribution is 2.26. The van der Waals surface area contributed by atoms with E-state index in [1.54, 1.807) is 6.92 Å². The fourth-order valence-corrected chi connectivity index (χ4v) is 2.59. The van der Waals surface area contributed by atoms with Crippen LogP contribution in [0.1, 0.15) is 26.5 Å². The summed E-state index contributed by atoms with van der Waals surface area (Å²) < 4.78 is 44.2. The lowest BCUT2D eigenvalue weighted by Crippen LogP contribution is -2.54. The molecule has 0 bridgehead atoms. The molecular formula is C14H18F3N3O3. The Bertz CT molecular complexity index is 655. The van der Waals surface area contributed by atoms with Crippen molar-refractivity contribution in [2.24, 2.45) is 0 Å². The van der Waals surface area contributed by atoms with Crippen LogP contribution < -0.4 is 5.56 Å². The fourth-order valence-electron chi connectivity index (χ4n) is 2.59. The largest absolute Gasteiger partial charge is 0.435 e. The minimum Gasteiger partial charge on any atom is -0.369 e. The topological polar surface area (TPSA) is 64.4 Å². The lowest BCUT2D eigenvalue weighted by Gasteiger charge is -2.41. The Kier molecular flexibility index (Phi) is 4.52. The lowest BCUT2D eigenvalue weighted by atomic mass is 10.1. The molecule has 0 spiro atoms. The SMILES string of the molecule is CC1CN(C(=O)Cn2nc(C(F)(F)F)ccc2=O)CC(C)(C)O1. The molecule has 1 amide bonds. The van der Waals surface area contributed by atoms with Crippen LogP contribution in [0, 0.1) is 0 Å². The predicted octanol–water partition coefficient (Wildman–Crippen LogP) is 1.29. The van der Waals surface area contributed by atoms with E-state index in [0.29, 0.717) is 23.8 Å². The highest BCUT2D eigenvalue weighted by Gasteiger charge is 2.35. The number of carbonyl (C=O) groups is 1. The number of carbonyl (C=O) groups excluding carboxylic acids is 1. The number of alkyl halides is 3. The van der Waals surface area contributed by atoms with Gasteiger partial charge in [-0.15, -0.1) is 0 Å². The smallest absolute Gasteiger partial charge is 0.369 e. The summed E-state index contributed by atoms with van der Waals surface area (Å²) in [5, 5.41) is 3.23. The van der Waals surface area contributed by atoms with Gasteiger partial charge in [0, 0.05) is 19.2 Å². The molecule has 2 rings (SSSR count). The summed E-state index contributed by atoms with van der Waals surface area (Å²) in [5.41, 5.74) is -2.52. The molecule has 0 N–H and O–H groups in total. The molecule has 1 aromatic rings. The van der Waals surface area contributed by atoms with Gasteiger partial charge in [-0.3, -0.25) is 9.59 Å². The Morgan fingerprint density at radius 3 is 2.65 bits per heavy atom. The third-order valence-corrected chi connectivity index (χ3v) is 3.36. The van der Waals surface area contributed by atoms with E-state index in [4.69, 9.17) is 4.74 Å². The molecule has 1 atom stereocenters. The van der Waals surface area contributed by atoms with Gasteiger partial charge in [0.2, 0.25) is 5.91 Å². The van der Waals surface area contributed by atoms with Crippen molar-refractivity contribution in [3.63, 3.8) is 0 Å². The number of amides is 1. The van der Waals surface area contributed by atoms with Crippen LogP contribution in [-0.4, -0.2) is 45.4 Å². The summed E-state index contributed by atoms with van der Waals surface area (Å²) in [6.45, 7) is 5.51. The van der Waals surface area contributed by atoms with E-state index >= 15 is 0 Å². The Hall–Kier alpha value is -1.90. The molecule has 1 aliphatic heterocycles. The van der Waals surface area contributed by atoms with Crippen LogP contribution in [0.25, 0.3) is 0 Å². The van der Waals surface area contributed by atoms with Crippen molar-refractivity contribution >= 4 is 5.91 Å². The van der Waals surface area contributed by atoms with Crippen LogP contribution in [0.2, 0.25) is 0 Å². The average Bonchev–Trinajstić information content (AvgIpc) is 2.37. The van der Waals surface area contributed by atoms with Crippen molar-refractivity contribution in [1.82, 2.24) is 14.7 Å². The monoisotopic (exact) mass is 333 g/mol. The first-order valence-corrected chi connectivity index (χ1v) is 7.09.